The number of hydrogen-bond acceptors (Lipinski definition) is 4. The van der Waals surface area contributed by atoms with Gasteiger partial charge in [-0.25, -0.2) is 4.79 Å². The third kappa shape index (κ3) is 5.09. The average Bonchev–Trinajstić information content (AvgIpc) is 2.30. The van der Waals surface area contributed by atoms with E-state index in [9.17, 15) is 4.79 Å². The summed E-state index contributed by atoms with van der Waals surface area (Å²) in [7, 11) is 0. The van der Waals surface area contributed by atoms with E-state index in [0.717, 1.165) is 5.56 Å². The Morgan fingerprint density at radius 1 is 1.50 bits per heavy atom. The van der Waals surface area contributed by atoms with E-state index in [-0.39, 0.29) is 12.8 Å². The molecule has 0 aromatic heterocycles. The molecule has 1 aromatic carbocycles. The van der Waals surface area contributed by atoms with Gasteiger partial charge in [0.1, 0.15) is 11.9 Å². The number of nitrogens with zero attached hydrogens (tertiary/aromatic N) is 3. The third-order valence-electron chi connectivity index (χ3n) is 2.12. The van der Waals surface area contributed by atoms with Gasteiger partial charge in [-0.1, -0.05) is 17.2 Å². The molecule has 1 aromatic rings. The number of carbonyl (C=O) groups excluding carboxylic acids is 1. The van der Waals surface area contributed by atoms with Crippen molar-refractivity contribution < 1.29 is 14.3 Å². The summed E-state index contributed by atoms with van der Waals surface area (Å²) < 4.78 is 9.96. The van der Waals surface area contributed by atoms with Gasteiger partial charge in [-0.3, -0.25) is 0 Å². The summed E-state index contributed by atoms with van der Waals surface area (Å²) in [5.74, 6) is 0.606. The second-order valence-corrected chi connectivity index (χ2v) is 3.60. The summed E-state index contributed by atoms with van der Waals surface area (Å²) in [6, 6.07) is 7.18. The zero-order valence-electron chi connectivity index (χ0n) is 9.94. The molecule has 0 radical (unpaired) electrons. The van der Waals surface area contributed by atoms with E-state index >= 15 is 0 Å². The predicted octanol–water partition coefficient (Wildman–Crippen LogP) is 2.36. The number of nitrogens with two attached hydrogens (primary N) is 1. The normalized spacial score (nSPS) is 11.2. The fourth-order valence-electron chi connectivity index (χ4n) is 1.42. The molecule has 1 atom stereocenters. The Morgan fingerprint density at radius 3 is 2.72 bits per heavy atom. The van der Waals surface area contributed by atoms with Crippen molar-refractivity contribution in [3.63, 3.8) is 0 Å². The minimum absolute atomic E-state index is 0.0446. The Bertz CT molecular complexity index is 440. The molecule has 1 unspecified atom stereocenters. The smallest absolute Gasteiger partial charge is 0.404 e. The zero-order valence-corrected chi connectivity index (χ0v) is 9.94. The second-order valence-electron chi connectivity index (χ2n) is 3.60. The Kier molecular flexibility index (Phi) is 5.34. The number of primary amides is 1. The van der Waals surface area contributed by atoms with Gasteiger partial charge in [0, 0.05) is 11.3 Å². The van der Waals surface area contributed by atoms with E-state index in [1.54, 1.807) is 19.1 Å². The number of ether oxygens (including phenoxy) is 2. The maximum absolute atomic E-state index is 10.5. The van der Waals surface area contributed by atoms with E-state index in [0.29, 0.717) is 12.2 Å². The van der Waals surface area contributed by atoms with Crippen molar-refractivity contribution in [2.24, 2.45) is 10.8 Å². The molecular weight excluding hydrogens is 236 g/mol. The third-order valence-corrected chi connectivity index (χ3v) is 2.12. The summed E-state index contributed by atoms with van der Waals surface area (Å²) >= 11 is 0. The molecule has 96 valence electrons. The van der Waals surface area contributed by atoms with Gasteiger partial charge in [0.2, 0.25) is 0 Å². The lowest BCUT2D eigenvalue weighted by atomic mass is 10.1. The zero-order chi connectivity index (χ0) is 13.4. The minimum Gasteiger partial charge on any atom is -0.488 e. The van der Waals surface area contributed by atoms with Gasteiger partial charge >= 0.3 is 6.09 Å². The molecule has 1 rings (SSSR count). The van der Waals surface area contributed by atoms with Gasteiger partial charge in [-0.05, 0) is 30.2 Å². The second kappa shape index (κ2) is 7.03. The molecule has 0 bridgehead atoms. The van der Waals surface area contributed by atoms with Crippen LogP contribution in [0.2, 0.25) is 0 Å². The number of hydrogen-bond donors (Lipinski definition) is 1. The molecular formula is C11H14N4O3. The van der Waals surface area contributed by atoms with Crippen LogP contribution in [0, 0.1) is 0 Å². The largest absolute Gasteiger partial charge is 0.488 e. The first-order valence-electron chi connectivity index (χ1n) is 5.30. The van der Waals surface area contributed by atoms with Crippen LogP contribution in [-0.2, 0) is 11.2 Å². The number of amides is 1. The summed E-state index contributed by atoms with van der Waals surface area (Å²) in [6.45, 7) is 1.72. The Labute approximate surface area is 104 Å². The molecule has 0 aliphatic heterocycles. The molecule has 18 heavy (non-hydrogen) atoms. The lowest BCUT2D eigenvalue weighted by Crippen LogP contribution is -2.21. The molecule has 1 amide bonds. The summed E-state index contributed by atoms with van der Waals surface area (Å²) in [6.07, 6.45) is -0.492. The molecule has 7 heteroatoms. The fraction of sp³-hybridized carbons (Fsp3) is 0.364. The van der Waals surface area contributed by atoms with Crippen molar-refractivity contribution in [2.75, 3.05) is 6.73 Å². The van der Waals surface area contributed by atoms with Gasteiger partial charge in [0.05, 0.1) is 0 Å². The molecule has 7 nitrogen and oxygen atoms in total. The van der Waals surface area contributed by atoms with Crippen molar-refractivity contribution in [3.05, 3.63) is 40.3 Å². The molecule has 0 aliphatic rings. The Morgan fingerprint density at radius 2 is 2.17 bits per heavy atom. The van der Waals surface area contributed by atoms with Crippen molar-refractivity contribution in [3.8, 4) is 5.75 Å². The maximum atomic E-state index is 10.5. The van der Waals surface area contributed by atoms with Crippen LogP contribution in [0.3, 0.4) is 0 Å². The first-order chi connectivity index (χ1) is 8.61. The summed E-state index contributed by atoms with van der Waals surface area (Å²) in [5, 5.41) is 3.26. The van der Waals surface area contributed by atoms with Crippen LogP contribution in [0.4, 0.5) is 4.79 Å². The highest BCUT2D eigenvalue weighted by Gasteiger charge is 2.07. The lowest BCUT2D eigenvalue weighted by Gasteiger charge is -2.11. The molecule has 0 fully saturated rings. The van der Waals surface area contributed by atoms with Crippen molar-refractivity contribution in [2.45, 2.75) is 19.4 Å². The van der Waals surface area contributed by atoms with Crippen LogP contribution >= 0.6 is 0 Å². The first-order valence-corrected chi connectivity index (χ1v) is 5.30. The quantitative estimate of drug-likeness (QED) is 0.475. The highest BCUT2D eigenvalue weighted by atomic mass is 16.6. The maximum Gasteiger partial charge on any atom is 0.404 e. The molecule has 0 saturated heterocycles. The Balaban J connectivity index is 2.49. The average molecular weight is 250 g/mol. The summed E-state index contributed by atoms with van der Waals surface area (Å²) in [4.78, 5) is 13.1. The van der Waals surface area contributed by atoms with Crippen LogP contribution in [0.5, 0.6) is 5.75 Å². The van der Waals surface area contributed by atoms with Crippen LogP contribution in [-0.4, -0.2) is 18.9 Å². The van der Waals surface area contributed by atoms with Gasteiger partial charge in [-0.2, -0.15) is 0 Å². The van der Waals surface area contributed by atoms with E-state index < -0.39 is 6.09 Å². The van der Waals surface area contributed by atoms with Crippen molar-refractivity contribution >= 4 is 6.09 Å². The fourth-order valence-corrected chi connectivity index (χ4v) is 1.42. The minimum atomic E-state index is -0.781. The monoisotopic (exact) mass is 250 g/mol. The molecule has 0 spiro atoms. The highest BCUT2D eigenvalue weighted by Crippen LogP contribution is 2.14. The van der Waals surface area contributed by atoms with Gasteiger partial charge in [0.15, 0.2) is 6.73 Å². The standard InChI is InChI=1S/C11H14N4O3/c1-8(18-11(12)16)6-9-2-4-10(5-3-9)17-7-14-15-13/h2-5,8H,6-7H2,1H3,(H2,12,16). The van der Waals surface area contributed by atoms with Gasteiger partial charge in [0.25, 0.3) is 0 Å². The number of rotatable bonds is 6. The molecule has 0 aliphatic carbocycles. The molecule has 0 saturated carbocycles. The topological polar surface area (TPSA) is 110 Å². The number of azide groups is 1. The predicted molar refractivity (Wildman–Crippen MR) is 64.9 cm³/mol. The van der Waals surface area contributed by atoms with E-state index in [2.05, 4.69) is 10.0 Å². The van der Waals surface area contributed by atoms with Crippen molar-refractivity contribution in [1.29, 1.82) is 0 Å². The number of carbonyl (C=O) groups is 1. The first kappa shape index (κ1) is 13.7. The lowest BCUT2D eigenvalue weighted by molar-refractivity contribution is 0.116. The van der Waals surface area contributed by atoms with Crippen LogP contribution in [0.25, 0.3) is 10.4 Å². The SMILES string of the molecule is CC(Cc1ccc(OCN=[N+]=[N-])cc1)OC(N)=O. The van der Waals surface area contributed by atoms with E-state index in [1.165, 1.54) is 0 Å². The van der Waals surface area contributed by atoms with Crippen LogP contribution in [0.1, 0.15) is 12.5 Å². The summed E-state index contributed by atoms with van der Waals surface area (Å²) in [5.41, 5.74) is 14.0. The van der Waals surface area contributed by atoms with Crippen molar-refractivity contribution in [1.82, 2.24) is 0 Å². The molecule has 0 heterocycles. The van der Waals surface area contributed by atoms with E-state index in [1.807, 2.05) is 12.1 Å². The number of benzene rings is 1. The molecule has 2 N–H and O–H groups in total. The van der Waals surface area contributed by atoms with Gasteiger partial charge < -0.3 is 15.2 Å². The Hall–Kier alpha value is -2.40. The van der Waals surface area contributed by atoms with Gasteiger partial charge in [-0.15, -0.1) is 0 Å². The van der Waals surface area contributed by atoms with Crippen LogP contribution in [0.15, 0.2) is 29.4 Å². The highest BCUT2D eigenvalue weighted by molar-refractivity contribution is 5.64. The van der Waals surface area contributed by atoms with E-state index in [4.69, 9.17) is 20.7 Å². The van der Waals surface area contributed by atoms with Crippen LogP contribution < -0.4 is 10.5 Å².